The van der Waals surface area contributed by atoms with Gasteiger partial charge in [-0.05, 0) is 43.7 Å². The van der Waals surface area contributed by atoms with Gasteiger partial charge in [0.15, 0.2) is 0 Å². The van der Waals surface area contributed by atoms with Crippen LogP contribution in [0.2, 0.25) is 0 Å². The van der Waals surface area contributed by atoms with Gasteiger partial charge in [0.25, 0.3) is 0 Å². The molecule has 138 valence electrons. The van der Waals surface area contributed by atoms with Crippen molar-refractivity contribution in [2.45, 2.75) is 115 Å². The summed E-state index contributed by atoms with van der Waals surface area (Å²) in [6.07, 6.45) is 17.0. The maximum Gasteiger partial charge on any atom is 0.229 e. The van der Waals surface area contributed by atoms with Crippen LogP contribution in [0.25, 0.3) is 0 Å². The second-order valence-electron chi connectivity index (χ2n) is 7.56. The molecule has 0 aromatic carbocycles. The fraction of sp³-hybridized carbons (Fsp3) is 0.900. The van der Waals surface area contributed by atoms with Crippen molar-refractivity contribution in [3.8, 4) is 0 Å². The average molecular weight is 355 g/mol. The summed E-state index contributed by atoms with van der Waals surface area (Å²) in [6.45, 7) is 2.20. The van der Waals surface area contributed by atoms with Gasteiger partial charge in [-0.2, -0.15) is 0 Å². The minimum atomic E-state index is 0.197. The third-order valence-corrected chi connectivity index (χ3v) is 5.80. The topological polar surface area (TPSA) is 32.7 Å². The van der Waals surface area contributed by atoms with Crippen LogP contribution < -0.4 is 0 Å². The van der Waals surface area contributed by atoms with Gasteiger partial charge in [-0.3, -0.25) is 14.7 Å². The molecule has 0 atom stereocenters. The third-order valence-electron chi connectivity index (χ3n) is 5.52. The lowest BCUT2D eigenvalue weighted by Gasteiger charge is -2.34. The van der Waals surface area contributed by atoms with Crippen molar-refractivity contribution >= 4 is 22.8 Å². The SMILES string of the molecule is CCCCCCC(=O)N(C(Cl)=NC1CCCCC1)C1CCCCC1. The largest absolute Gasteiger partial charge is 0.284 e. The molecule has 0 aromatic rings. The molecule has 0 heterocycles. The number of nitrogens with zero attached hydrogens (tertiary/aromatic N) is 2. The summed E-state index contributed by atoms with van der Waals surface area (Å²) in [6, 6.07) is 0.600. The van der Waals surface area contributed by atoms with Crippen LogP contribution in [0.15, 0.2) is 4.99 Å². The van der Waals surface area contributed by atoms with E-state index in [-0.39, 0.29) is 11.9 Å². The van der Waals surface area contributed by atoms with E-state index in [9.17, 15) is 4.79 Å². The van der Waals surface area contributed by atoms with E-state index < -0.39 is 0 Å². The molecule has 0 saturated heterocycles. The zero-order chi connectivity index (χ0) is 17.2. The van der Waals surface area contributed by atoms with E-state index in [1.165, 1.54) is 51.4 Å². The Hall–Kier alpha value is -0.570. The predicted octanol–water partition coefficient (Wildman–Crippen LogP) is 6.05. The molecule has 24 heavy (non-hydrogen) atoms. The van der Waals surface area contributed by atoms with Gasteiger partial charge in [0, 0.05) is 12.5 Å². The first-order valence-electron chi connectivity index (χ1n) is 10.3. The van der Waals surface area contributed by atoms with E-state index in [2.05, 4.69) is 6.92 Å². The van der Waals surface area contributed by atoms with E-state index >= 15 is 0 Å². The second-order valence-corrected chi connectivity index (χ2v) is 7.89. The molecule has 2 aliphatic carbocycles. The van der Waals surface area contributed by atoms with Gasteiger partial charge < -0.3 is 0 Å². The van der Waals surface area contributed by atoms with Crippen molar-refractivity contribution in [3.63, 3.8) is 0 Å². The summed E-state index contributed by atoms with van der Waals surface area (Å²) in [7, 11) is 0. The first-order valence-corrected chi connectivity index (χ1v) is 10.7. The van der Waals surface area contributed by atoms with E-state index in [1.807, 2.05) is 4.90 Å². The summed E-state index contributed by atoms with van der Waals surface area (Å²) >= 11 is 6.60. The lowest BCUT2D eigenvalue weighted by Crippen LogP contribution is -2.44. The molecule has 3 nitrogen and oxygen atoms in total. The number of carbonyl (C=O) groups excluding carboxylic acids is 1. The van der Waals surface area contributed by atoms with Crippen molar-refractivity contribution in [1.29, 1.82) is 0 Å². The summed E-state index contributed by atoms with van der Waals surface area (Å²) in [5, 5.41) is 0.481. The van der Waals surface area contributed by atoms with Crippen LogP contribution in [0.4, 0.5) is 0 Å². The molecule has 1 amide bonds. The van der Waals surface area contributed by atoms with Crippen molar-refractivity contribution in [2.75, 3.05) is 0 Å². The Morgan fingerprint density at radius 1 is 0.958 bits per heavy atom. The number of carbonyl (C=O) groups is 1. The van der Waals surface area contributed by atoms with Crippen molar-refractivity contribution < 1.29 is 4.79 Å². The highest BCUT2D eigenvalue weighted by Crippen LogP contribution is 2.27. The molecule has 4 heteroatoms. The molecular formula is C20H35ClN2O. The van der Waals surface area contributed by atoms with Gasteiger partial charge in [0.1, 0.15) is 0 Å². The zero-order valence-electron chi connectivity index (χ0n) is 15.4. The van der Waals surface area contributed by atoms with Gasteiger partial charge >= 0.3 is 0 Å². The lowest BCUT2D eigenvalue weighted by atomic mass is 9.94. The number of unbranched alkanes of at least 4 members (excludes halogenated alkanes) is 3. The highest BCUT2D eigenvalue weighted by Gasteiger charge is 2.29. The van der Waals surface area contributed by atoms with Crippen LogP contribution >= 0.6 is 11.6 Å². The standard InChI is InChI=1S/C20H35ClN2O/c1-2-3-4-11-16-19(24)23(18-14-9-6-10-15-18)20(21)22-17-12-7-5-8-13-17/h17-18H,2-16H2,1H3. The quantitative estimate of drug-likeness (QED) is 0.237. The Morgan fingerprint density at radius 3 is 2.21 bits per heavy atom. The van der Waals surface area contributed by atoms with E-state index in [4.69, 9.17) is 16.6 Å². The molecule has 2 aliphatic rings. The molecule has 0 aliphatic heterocycles. The number of rotatable bonds is 7. The Bertz CT molecular complexity index is 398. The Morgan fingerprint density at radius 2 is 1.58 bits per heavy atom. The first kappa shape index (κ1) is 19.8. The summed E-state index contributed by atoms with van der Waals surface area (Å²) < 4.78 is 0. The van der Waals surface area contributed by atoms with E-state index in [0.717, 1.165) is 38.5 Å². The average Bonchev–Trinajstić information content (AvgIpc) is 2.61. The monoisotopic (exact) mass is 354 g/mol. The van der Waals surface area contributed by atoms with Gasteiger partial charge in [-0.1, -0.05) is 64.7 Å². The number of hydrogen-bond donors (Lipinski definition) is 0. The third kappa shape index (κ3) is 6.38. The fourth-order valence-electron chi connectivity index (χ4n) is 4.04. The van der Waals surface area contributed by atoms with E-state index in [1.54, 1.807) is 0 Å². The maximum atomic E-state index is 12.8. The smallest absolute Gasteiger partial charge is 0.229 e. The van der Waals surface area contributed by atoms with Crippen LogP contribution in [0, 0.1) is 0 Å². The highest BCUT2D eigenvalue weighted by molar-refractivity contribution is 6.65. The Balaban J connectivity index is 2.00. The normalized spacial score (nSPS) is 21.0. The Kier molecular flexibility index (Phi) is 9.15. The van der Waals surface area contributed by atoms with Gasteiger partial charge in [0.2, 0.25) is 11.2 Å². The number of amides is 1. The van der Waals surface area contributed by atoms with E-state index in [0.29, 0.717) is 17.8 Å². The van der Waals surface area contributed by atoms with Gasteiger partial charge in [-0.15, -0.1) is 0 Å². The summed E-state index contributed by atoms with van der Waals surface area (Å²) in [5.41, 5.74) is 0. The minimum Gasteiger partial charge on any atom is -0.284 e. The molecule has 0 aromatic heterocycles. The molecule has 0 spiro atoms. The van der Waals surface area contributed by atoms with Crippen LogP contribution in [0.5, 0.6) is 0 Å². The van der Waals surface area contributed by atoms with Crippen LogP contribution in [-0.4, -0.2) is 28.2 Å². The van der Waals surface area contributed by atoms with Gasteiger partial charge in [0.05, 0.1) is 6.04 Å². The lowest BCUT2D eigenvalue weighted by molar-refractivity contribution is -0.129. The molecule has 2 saturated carbocycles. The molecular weight excluding hydrogens is 320 g/mol. The zero-order valence-corrected chi connectivity index (χ0v) is 16.2. The van der Waals surface area contributed by atoms with Crippen LogP contribution in [0.3, 0.4) is 0 Å². The number of halogens is 1. The fourth-order valence-corrected chi connectivity index (χ4v) is 4.41. The molecule has 0 radical (unpaired) electrons. The molecule has 0 N–H and O–H groups in total. The molecule has 2 fully saturated rings. The van der Waals surface area contributed by atoms with Crippen LogP contribution in [-0.2, 0) is 4.79 Å². The predicted molar refractivity (Wildman–Crippen MR) is 103 cm³/mol. The number of hydrogen-bond acceptors (Lipinski definition) is 2. The van der Waals surface area contributed by atoms with Gasteiger partial charge in [-0.25, -0.2) is 0 Å². The second kappa shape index (κ2) is 11.1. The van der Waals surface area contributed by atoms with Crippen molar-refractivity contribution in [2.24, 2.45) is 4.99 Å². The highest BCUT2D eigenvalue weighted by atomic mass is 35.5. The minimum absolute atomic E-state index is 0.197. The molecule has 0 bridgehead atoms. The molecule has 2 rings (SSSR count). The van der Waals surface area contributed by atoms with Crippen molar-refractivity contribution in [3.05, 3.63) is 0 Å². The van der Waals surface area contributed by atoms with Crippen LogP contribution in [0.1, 0.15) is 103 Å². The first-order chi connectivity index (χ1) is 11.7. The Labute approximate surface area is 153 Å². The number of amidine groups is 1. The summed E-state index contributed by atoms with van der Waals surface area (Å²) in [5.74, 6) is 0.197. The van der Waals surface area contributed by atoms with Crippen molar-refractivity contribution in [1.82, 2.24) is 4.90 Å². The maximum absolute atomic E-state index is 12.8. The molecule has 0 unspecified atom stereocenters. The summed E-state index contributed by atoms with van der Waals surface area (Å²) in [4.78, 5) is 19.5. The number of aliphatic imine (C=N–C) groups is 1.